The first-order valence-electron chi connectivity index (χ1n) is 6.98. The van der Waals surface area contributed by atoms with Gasteiger partial charge >= 0.3 is 6.09 Å². The number of amides is 1. The largest absolute Gasteiger partial charge is 0.446 e. The van der Waals surface area contributed by atoms with Crippen LogP contribution in [0.2, 0.25) is 0 Å². The Labute approximate surface area is 114 Å². The van der Waals surface area contributed by atoms with E-state index in [-0.39, 0.29) is 12.2 Å². The number of hydrogen-bond donors (Lipinski definition) is 2. The van der Waals surface area contributed by atoms with Gasteiger partial charge in [0.25, 0.3) is 0 Å². The van der Waals surface area contributed by atoms with Crippen LogP contribution < -0.4 is 11.1 Å². The summed E-state index contributed by atoms with van der Waals surface area (Å²) in [5.74, 6) is 0.316. The van der Waals surface area contributed by atoms with Crippen LogP contribution in [0.5, 0.6) is 0 Å². The second kappa shape index (κ2) is 7.14. The summed E-state index contributed by atoms with van der Waals surface area (Å²) in [5.41, 5.74) is 6.79. The SMILES string of the molecule is NCC1CCCCC1OC(=O)NCc1ccccc1. The smallest absolute Gasteiger partial charge is 0.407 e. The summed E-state index contributed by atoms with van der Waals surface area (Å²) in [7, 11) is 0. The van der Waals surface area contributed by atoms with Crippen molar-refractivity contribution in [3.8, 4) is 0 Å². The van der Waals surface area contributed by atoms with Crippen molar-refractivity contribution in [2.24, 2.45) is 11.7 Å². The summed E-state index contributed by atoms with van der Waals surface area (Å²) in [6, 6.07) is 9.81. The lowest BCUT2D eigenvalue weighted by Gasteiger charge is -2.30. The number of carbonyl (C=O) groups is 1. The molecule has 2 rings (SSSR count). The minimum atomic E-state index is -0.339. The highest BCUT2D eigenvalue weighted by molar-refractivity contribution is 5.67. The van der Waals surface area contributed by atoms with Crippen LogP contribution in [-0.4, -0.2) is 18.7 Å². The number of hydrogen-bond acceptors (Lipinski definition) is 3. The zero-order chi connectivity index (χ0) is 13.5. The molecule has 1 aliphatic rings. The summed E-state index contributed by atoms with van der Waals surface area (Å²) in [6.07, 6.45) is 3.94. The molecule has 2 atom stereocenters. The Hall–Kier alpha value is -1.55. The molecule has 2 unspecified atom stereocenters. The van der Waals surface area contributed by atoms with Gasteiger partial charge in [-0.15, -0.1) is 0 Å². The van der Waals surface area contributed by atoms with E-state index in [0.29, 0.717) is 19.0 Å². The van der Waals surface area contributed by atoms with Gasteiger partial charge in [-0.1, -0.05) is 36.8 Å². The number of carbonyl (C=O) groups excluding carboxylic acids is 1. The molecule has 0 aliphatic heterocycles. The van der Waals surface area contributed by atoms with Crippen molar-refractivity contribution in [3.63, 3.8) is 0 Å². The summed E-state index contributed by atoms with van der Waals surface area (Å²) >= 11 is 0. The van der Waals surface area contributed by atoms with Crippen LogP contribution in [0.4, 0.5) is 4.79 Å². The van der Waals surface area contributed by atoms with Gasteiger partial charge < -0.3 is 15.8 Å². The van der Waals surface area contributed by atoms with E-state index in [1.807, 2.05) is 30.3 Å². The van der Waals surface area contributed by atoms with Crippen LogP contribution in [-0.2, 0) is 11.3 Å². The molecule has 1 aromatic rings. The van der Waals surface area contributed by atoms with E-state index in [1.165, 1.54) is 6.42 Å². The van der Waals surface area contributed by atoms with Crippen LogP contribution in [0, 0.1) is 5.92 Å². The first kappa shape index (κ1) is 13.9. The monoisotopic (exact) mass is 262 g/mol. The van der Waals surface area contributed by atoms with E-state index in [1.54, 1.807) is 0 Å². The van der Waals surface area contributed by atoms with Crippen LogP contribution in [0.1, 0.15) is 31.2 Å². The molecule has 1 amide bonds. The molecule has 3 N–H and O–H groups in total. The van der Waals surface area contributed by atoms with Crippen molar-refractivity contribution in [1.29, 1.82) is 0 Å². The maximum absolute atomic E-state index is 11.8. The molecule has 104 valence electrons. The molecule has 0 heterocycles. The van der Waals surface area contributed by atoms with Crippen molar-refractivity contribution in [2.75, 3.05) is 6.54 Å². The minimum absolute atomic E-state index is 0.0190. The average molecular weight is 262 g/mol. The number of nitrogens with two attached hydrogens (primary N) is 1. The topological polar surface area (TPSA) is 64.3 Å². The fourth-order valence-corrected chi connectivity index (χ4v) is 2.55. The molecule has 0 saturated heterocycles. The van der Waals surface area contributed by atoms with E-state index >= 15 is 0 Å². The quantitative estimate of drug-likeness (QED) is 0.876. The third kappa shape index (κ3) is 4.24. The van der Waals surface area contributed by atoms with Gasteiger partial charge in [0.05, 0.1) is 0 Å². The highest BCUT2D eigenvalue weighted by Gasteiger charge is 2.27. The minimum Gasteiger partial charge on any atom is -0.446 e. The van der Waals surface area contributed by atoms with E-state index in [9.17, 15) is 4.79 Å². The average Bonchev–Trinajstić information content (AvgIpc) is 2.47. The molecule has 4 nitrogen and oxygen atoms in total. The van der Waals surface area contributed by atoms with Crippen molar-refractivity contribution in [2.45, 2.75) is 38.3 Å². The van der Waals surface area contributed by atoms with E-state index < -0.39 is 0 Å². The Morgan fingerprint density at radius 3 is 2.74 bits per heavy atom. The zero-order valence-corrected chi connectivity index (χ0v) is 11.2. The number of rotatable bonds is 4. The maximum Gasteiger partial charge on any atom is 0.407 e. The maximum atomic E-state index is 11.8. The summed E-state index contributed by atoms with van der Waals surface area (Å²) in [5, 5.41) is 2.79. The van der Waals surface area contributed by atoms with Gasteiger partial charge in [0.15, 0.2) is 0 Å². The van der Waals surface area contributed by atoms with Crippen LogP contribution in [0.25, 0.3) is 0 Å². The highest BCUT2D eigenvalue weighted by atomic mass is 16.6. The van der Waals surface area contributed by atoms with Crippen molar-refractivity contribution < 1.29 is 9.53 Å². The van der Waals surface area contributed by atoms with Gasteiger partial charge in [-0.2, -0.15) is 0 Å². The lowest BCUT2D eigenvalue weighted by molar-refractivity contribution is 0.0400. The molecule has 0 spiro atoms. The summed E-state index contributed by atoms with van der Waals surface area (Å²) in [4.78, 5) is 11.8. The third-order valence-corrected chi connectivity index (χ3v) is 3.68. The Bertz CT molecular complexity index is 394. The molecule has 19 heavy (non-hydrogen) atoms. The Kier molecular flexibility index (Phi) is 5.21. The summed E-state index contributed by atoms with van der Waals surface area (Å²) < 4.78 is 5.49. The lowest BCUT2D eigenvalue weighted by Crippen LogP contribution is -2.37. The van der Waals surface area contributed by atoms with E-state index in [0.717, 1.165) is 24.8 Å². The van der Waals surface area contributed by atoms with Crippen molar-refractivity contribution in [3.05, 3.63) is 35.9 Å². The highest BCUT2D eigenvalue weighted by Crippen LogP contribution is 2.26. The van der Waals surface area contributed by atoms with E-state index in [4.69, 9.17) is 10.5 Å². The second-order valence-electron chi connectivity index (χ2n) is 5.06. The fraction of sp³-hybridized carbons (Fsp3) is 0.533. The van der Waals surface area contributed by atoms with Crippen molar-refractivity contribution >= 4 is 6.09 Å². The van der Waals surface area contributed by atoms with Gasteiger partial charge in [0.1, 0.15) is 6.10 Å². The second-order valence-corrected chi connectivity index (χ2v) is 5.06. The van der Waals surface area contributed by atoms with Gasteiger partial charge in [-0.3, -0.25) is 0 Å². The molecule has 1 aliphatic carbocycles. The molecule has 4 heteroatoms. The van der Waals surface area contributed by atoms with E-state index in [2.05, 4.69) is 5.32 Å². The molecule has 0 aromatic heterocycles. The van der Waals surface area contributed by atoms with Gasteiger partial charge in [-0.05, 0) is 31.4 Å². The fourth-order valence-electron chi connectivity index (χ4n) is 2.55. The predicted octanol–water partition coefficient (Wildman–Crippen LogP) is 2.43. The Morgan fingerprint density at radius 1 is 1.26 bits per heavy atom. The van der Waals surface area contributed by atoms with Crippen LogP contribution in [0.3, 0.4) is 0 Å². The molecular formula is C15H22N2O2. The number of ether oxygens (including phenoxy) is 1. The summed E-state index contributed by atoms with van der Waals surface area (Å²) in [6.45, 7) is 1.09. The lowest BCUT2D eigenvalue weighted by atomic mass is 9.86. The van der Waals surface area contributed by atoms with Gasteiger partial charge in [-0.25, -0.2) is 4.79 Å². The van der Waals surface area contributed by atoms with Crippen LogP contribution >= 0.6 is 0 Å². The molecule has 1 saturated carbocycles. The first-order chi connectivity index (χ1) is 9.29. The zero-order valence-electron chi connectivity index (χ0n) is 11.2. The molecule has 1 fully saturated rings. The number of alkyl carbamates (subject to hydrolysis) is 1. The standard InChI is InChI=1S/C15H22N2O2/c16-10-13-8-4-5-9-14(13)19-15(18)17-11-12-6-2-1-3-7-12/h1-3,6-7,13-14H,4-5,8-11,16H2,(H,17,18). The number of nitrogens with one attached hydrogen (secondary N) is 1. The normalized spacial score (nSPS) is 22.8. The Balaban J connectivity index is 1.77. The molecule has 0 bridgehead atoms. The first-order valence-corrected chi connectivity index (χ1v) is 6.98. The van der Waals surface area contributed by atoms with Crippen LogP contribution in [0.15, 0.2) is 30.3 Å². The van der Waals surface area contributed by atoms with Gasteiger partial charge in [0, 0.05) is 12.5 Å². The van der Waals surface area contributed by atoms with Gasteiger partial charge in [0.2, 0.25) is 0 Å². The molecule has 1 aromatic carbocycles. The number of benzene rings is 1. The third-order valence-electron chi connectivity index (χ3n) is 3.68. The Morgan fingerprint density at radius 2 is 2.00 bits per heavy atom. The molecular weight excluding hydrogens is 240 g/mol. The van der Waals surface area contributed by atoms with Crippen molar-refractivity contribution in [1.82, 2.24) is 5.32 Å². The molecule has 0 radical (unpaired) electrons. The predicted molar refractivity (Wildman–Crippen MR) is 74.6 cm³/mol.